The third-order valence-electron chi connectivity index (χ3n) is 2.06. The Morgan fingerprint density at radius 1 is 1.04 bits per heavy atom. The molecule has 25 heavy (non-hydrogen) atoms. The number of aromatic amines is 1. The number of amides is 2. The zero-order valence-corrected chi connectivity index (χ0v) is 15.2. The largest absolute Gasteiger partial charge is 1.00 e. The summed E-state index contributed by atoms with van der Waals surface area (Å²) in [6.45, 7) is 0. The van der Waals surface area contributed by atoms with E-state index >= 15 is 0 Å². The number of urea groups is 1. The number of benzene rings is 1. The molecule has 1 aromatic heterocycles. The molecular weight excluding hydrogens is 399 g/mol. The van der Waals surface area contributed by atoms with Gasteiger partial charge in [-0.3, -0.25) is 0 Å². The van der Waals surface area contributed by atoms with Gasteiger partial charge in [-0.1, -0.05) is 17.7 Å². The van der Waals surface area contributed by atoms with Crippen molar-refractivity contribution < 1.29 is 31.4 Å². The van der Waals surface area contributed by atoms with Crippen LogP contribution in [0.5, 0.6) is 0 Å². The van der Waals surface area contributed by atoms with Crippen molar-refractivity contribution in [1.82, 2.24) is 25.2 Å². The summed E-state index contributed by atoms with van der Waals surface area (Å²) in [4.78, 5) is 13.8. The number of hydrogen-bond donors (Lipinski definition) is 1. The Balaban J connectivity index is 0. The molecule has 0 saturated heterocycles. The summed E-state index contributed by atoms with van der Waals surface area (Å²) >= 11 is 5.78. The first kappa shape index (κ1) is 23.2. The fourth-order valence-corrected chi connectivity index (χ4v) is 1.45. The normalized spacial score (nSPS) is 13.4. The Morgan fingerprint density at radius 2 is 1.48 bits per heavy atom. The molecule has 146 valence electrons. The maximum Gasteiger partial charge on any atom is 1.00 e. The van der Waals surface area contributed by atoms with Crippen molar-refractivity contribution in [3.8, 4) is 0 Å². The fraction of sp³-hybridized carbons (Fsp3) is 0.364. The van der Waals surface area contributed by atoms with Gasteiger partial charge in [-0.05, 0) is 12.1 Å². The summed E-state index contributed by atoms with van der Waals surface area (Å²) in [6, 6.07) is 5.50. The zero-order valence-electron chi connectivity index (χ0n) is 14.5. The third-order valence-corrected chi connectivity index (χ3v) is 2.37. The van der Waals surface area contributed by atoms with Gasteiger partial charge in [-0.15, -0.1) is 0 Å². The molecule has 0 spiro atoms. The van der Waals surface area contributed by atoms with E-state index in [1.54, 1.807) is 34.3 Å². The molecule has 0 unspecified atom stereocenters. The molecule has 14 heteroatoms. The number of aromatic nitrogens is 3. The summed E-state index contributed by atoms with van der Waals surface area (Å²) in [6.07, 6.45) is 0. The molecule has 0 atom stereocenters. The number of hydrogen-bond acceptors (Lipinski definition) is 3. The predicted molar refractivity (Wildman–Crippen MR) is 86.3 cm³/mol. The van der Waals surface area contributed by atoms with E-state index in [2.05, 4.69) is 15.4 Å². The van der Waals surface area contributed by atoms with E-state index in [0.717, 1.165) is 11.0 Å². The Labute approximate surface area is 145 Å². The van der Waals surface area contributed by atoms with Crippen LogP contribution in [0.3, 0.4) is 0 Å². The standard InChI is InChI=1S/C6H4ClN3.C5H12N2O.F6P/c7-4-2-1-3-5-6(4)9-10-8-5;1-6(2)5(8)7(3)4;1-7(2,3,4,5)6/h1-3H,(H,8,9,10);1-4H3;/q;;-1/p+1. The number of fused-ring (bicyclic) bond motifs is 1. The second-order valence-corrected chi connectivity index (χ2v) is 7.28. The van der Waals surface area contributed by atoms with E-state index in [9.17, 15) is 30.0 Å². The van der Waals surface area contributed by atoms with Crippen LogP contribution in [0, 0.1) is 0 Å². The fourth-order valence-electron chi connectivity index (χ4n) is 1.23. The van der Waals surface area contributed by atoms with Gasteiger partial charge in [0.1, 0.15) is 11.0 Å². The van der Waals surface area contributed by atoms with Crippen molar-refractivity contribution >= 4 is 36.5 Å². The smallest absolute Gasteiger partial charge is 1.00 e. The number of nitrogens with one attached hydrogen (secondary N) is 1. The van der Waals surface area contributed by atoms with Gasteiger partial charge in [-0.2, -0.15) is 15.4 Å². The molecule has 1 N–H and O–H groups in total. The molecule has 1 aromatic carbocycles. The summed E-state index contributed by atoms with van der Waals surface area (Å²) < 4.78 is 59.2. The molecule has 0 fully saturated rings. The first-order valence-electron chi connectivity index (χ1n) is 6.28. The van der Waals surface area contributed by atoms with E-state index in [4.69, 9.17) is 11.6 Å². The van der Waals surface area contributed by atoms with E-state index < -0.39 is 7.81 Å². The Kier molecular flexibility index (Phi) is 6.68. The van der Waals surface area contributed by atoms with Crippen molar-refractivity contribution in [2.75, 3.05) is 28.2 Å². The summed E-state index contributed by atoms with van der Waals surface area (Å²) in [5, 5.41) is 10.8. The van der Waals surface area contributed by atoms with Gasteiger partial charge in [0.25, 0.3) is 0 Å². The van der Waals surface area contributed by atoms with Crippen LogP contribution in [0.15, 0.2) is 18.2 Å². The minimum Gasteiger partial charge on any atom is 1.00 e. The number of para-hydroxylation sites is 1. The Hall–Kier alpha value is -1.81. The Bertz CT molecular complexity index is 703. The number of carbonyl (C=O) groups is 1. The van der Waals surface area contributed by atoms with Gasteiger partial charge in [0.15, 0.2) is 0 Å². The van der Waals surface area contributed by atoms with Gasteiger partial charge in [0, 0.05) is 28.2 Å². The number of carbonyl (C=O) groups excluding carboxylic acids is 1. The predicted octanol–water partition coefficient (Wildman–Crippen LogP) is 5.34. The SMILES string of the molecule is CN(C)C(=O)N(C)C.Clc1cccc2n[nH]nc12.F[P-](F)(F)(F)(F)F.[H+]. The molecule has 2 aromatic rings. The van der Waals surface area contributed by atoms with Crippen LogP contribution >= 0.6 is 19.4 Å². The van der Waals surface area contributed by atoms with Crippen molar-refractivity contribution in [1.29, 1.82) is 0 Å². The topological polar surface area (TPSA) is 65.1 Å². The van der Waals surface area contributed by atoms with Crippen LogP contribution in [-0.2, 0) is 0 Å². The second kappa shape index (κ2) is 7.20. The molecule has 0 radical (unpaired) electrons. The van der Waals surface area contributed by atoms with Crippen molar-refractivity contribution in [2.24, 2.45) is 0 Å². The summed E-state index contributed by atoms with van der Waals surface area (Å²) in [5.41, 5.74) is 1.52. The van der Waals surface area contributed by atoms with Crippen LogP contribution in [0.2, 0.25) is 5.02 Å². The van der Waals surface area contributed by atoms with Gasteiger partial charge >= 0.3 is 40.4 Å². The zero-order chi connectivity index (χ0) is 20.1. The molecule has 0 aliphatic heterocycles. The molecular formula is C11H17ClF6N5OP. The average molecular weight is 416 g/mol. The van der Waals surface area contributed by atoms with Crippen LogP contribution in [0.4, 0.5) is 30.0 Å². The van der Waals surface area contributed by atoms with E-state index in [-0.39, 0.29) is 7.46 Å². The van der Waals surface area contributed by atoms with Crippen molar-refractivity contribution in [2.45, 2.75) is 0 Å². The van der Waals surface area contributed by atoms with Gasteiger partial charge in [-0.25, -0.2) is 4.79 Å². The monoisotopic (exact) mass is 415 g/mol. The third kappa shape index (κ3) is 13.2. The molecule has 6 nitrogen and oxygen atoms in total. The molecule has 0 aliphatic carbocycles. The van der Waals surface area contributed by atoms with Gasteiger partial charge in [0.05, 0.1) is 5.02 Å². The van der Waals surface area contributed by atoms with E-state index in [1.807, 2.05) is 12.1 Å². The number of nitrogens with zero attached hydrogens (tertiary/aromatic N) is 4. The molecule has 2 amide bonds. The summed E-state index contributed by atoms with van der Waals surface area (Å²) in [7, 11) is -3.76. The Morgan fingerprint density at radius 3 is 1.80 bits per heavy atom. The van der Waals surface area contributed by atoms with Gasteiger partial charge < -0.3 is 9.80 Å². The minimum atomic E-state index is -10.7. The van der Waals surface area contributed by atoms with Gasteiger partial charge in [0.2, 0.25) is 0 Å². The van der Waals surface area contributed by atoms with Crippen LogP contribution in [0.1, 0.15) is 1.43 Å². The van der Waals surface area contributed by atoms with Crippen molar-refractivity contribution in [3.63, 3.8) is 0 Å². The van der Waals surface area contributed by atoms with E-state index in [0.29, 0.717) is 5.02 Å². The van der Waals surface area contributed by atoms with Crippen LogP contribution < -0.4 is 0 Å². The molecule has 0 bridgehead atoms. The molecule has 0 saturated carbocycles. The average Bonchev–Trinajstić information content (AvgIpc) is 2.84. The number of rotatable bonds is 0. The first-order chi connectivity index (χ1) is 10.9. The number of H-pyrrole nitrogens is 1. The van der Waals surface area contributed by atoms with E-state index in [1.165, 1.54) is 9.80 Å². The second-order valence-electron chi connectivity index (χ2n) is 4.96. The molecule has 1 heterocycles. The first-order valence-corrected chi connectivity index (χ1v) is 8.69. The van der Waals surface area contributed by atoms with Crippen LogP contribution in [0.25, 0.3) is 11.0 Å². The maximum atomic E-state index is 10.7. The van der Waals surface area contributed by atoms with Crippen molar-refractivity contribution in [3.05, 3.63) is 23.2 Å². The molecule has 0 aliphatic rings. The quantitative estimate of drug-likeness (QED) is 0.467. The molecule has 2 rings (SSSR count). The number of halogens is 7. The summed E-state index contributed by atoms with van der Waals surface area (Å²) in [5.74, 6) is 0. The van der Waals surface area contributed by atoms with Crippen LogP contribution in [-0.4, -0.2) is 59.4 Å². The minimum absolute atomic E-state index is 0. The maximum absolute atomic E-state index is 10.7.